The molecule has 0 N–H and O–H groups in total. The largest absolute Gasteiger partial charge is 0.382 e. The van der Waals surface area contributed by atoms with Gasteiger partial charge in [-0.2, -0.15) is 0 Å². The summed E-state index contributed by atoms with van der Waals surface area (Å²) >= 11 is 0. The number of benzene rings is 1. The number of rotatable bonds is 5. The standard InChI is InChI=1S/C11H12FNO2/c1-13-10-3-4-11(12)9(7-10)8-15-6-5-14-2/h3-4,7H,5-6,8H2,2H3. The second kappa shape index (κ2) is 6.12. The highest BCUT2D eigenvalue weighted by molar-refractivity contribution is 5.46. The zero-order valence-corrected chi connectivity index (χ0v) is 8.50. The maximum atomic E-state index is 13.2. The molecule has 3 nitrogen and oxygen atoms in total. The van der Waals surface area contributed by atoms with Gasteiger partial charge in [0.2, 0.25) is 0 Å². The molecule has 4 heteroatoms. The lowest BCUT2D eigenvalue weighted by atomic mass is 10.2. The number of hydrogen-bond acceptors (Lipinski definition) is 2. The van der Waals surface area contributed by atoms with E-state index in [2.05, 4.69) is 4.85 Å². The van der Waals surface area contributed by atoms with Crippen LogP contribution in [0.25, 0.3) is 4.85 Å². The normalized spacial score (nSPS) is 9.93. The predicted molar refractivity (Wildman–Crippen MR) is 54.2 cm³/mol. The van der Waals surface area contributed by atoms with Gasteiger partial charge < -0.3 is 9.47 Å². The van der Waals surface area contributed by atoms with E-state index in [4.69, 9.17) is 16.0 Å². The lowest BCUT2D eigenvalue weighted by Crippen LogP contribution is -2.02. The van der Waals surface area contributed by atoms with Gasteiger partial charge >= 0.3 is 0 Å². The van der Waals surface area contributed by atoms with Crippen LogP contribution in [-0.4, -0.2) is 20.3 Å². The van der Waals surface area contributed by atoms with Gasteiger partial charge in [0, 0.05) is 12.7 Å². The van der Waals surface area contributed by atoms with Crippen LogP contribution in [-0.2, 0) is 16.1 Å². The molecule has 1 rings (SSSR count). The average molecular weight is 209 g/mol. The Hall–Kier alpha value is -1.44. The van der Waals surface area contributed by atoms with Crippen molar-refractivity contribution in [3.8, 4) is 0 Å². The molecule has 0 amide bonds. The second-order valence-corrected chi connectivity index (χ2v) is 2.93. The fraction of sp³-hybridized carbons (Fsp3) is 0.364. The fourth-order valence-electron chi connectivity index (χ4n) is 1.07. The molecule has 0 spiro atoms. The van der Waals surface area contributed by atoms with E-state index in [1.165, 1.54) is 18.2 Å². The number of ether oxygens (including phenoxy) is 2. The van der Waals surface area contributed by atoms with Gasteiger partial charge in [-0.15, -0.1) is 0 Å². The van der Waals surface area contributed by atoms with Crippen molar-refractivity contribution in [2.45, 2.75) is 6.61 Å². The molecule has 0 unspecified atom stereocenters. The predicted octanol–water partition coefficient (Wildman–Crippen LogP) is 2.54. The molecule has 0 radical (unpaired) electrons. The van der Waals surface area contributed by atoms with Gasteiger partial charge in [-0.05, 0) is 12.1 Å². The minimum absolute atomic E-state index is 0.165. The average Bonchev–Trinajstić information content (AvgIpc) is 2.26. The van der Waals surface area contributed by atoms with Crippen LogP contribution in [0.4, 0.5) is 10.1 Å². The van der Waals surface area contributed by atoms with Crippen molar-refractivity contribution in [2.75, 3.05) is 20.3 Å². The van der Waals surface area contributed by atoms with Crippen molar-refractivity contribution in [1.29, 1.82) is 0 Å². The molecule has 0 saturated heterocycles. The highest BCUT2D eigenvalue weighted by Crippen LogP contribution is 2.17. The molecular formula is C11H12FNO2. The summed E-state index contributed by atoms with van der Waals surface area (Å²) in [6.07, 6.45) is 0. The first kappa shape index (κ1) is 11.6. The molecular weight excluding hydrogens is 197 g/mol. The highest BCUT2D eigenvalue weighted by atomic mass is 19.1. The molecule has 15 heavy (non-hydrogen) atoms. The summed E-state index contributed by atoms with van der Waals surface area (Å²) in [6, 6.07) is 4.22. The zero-order valence-electron chi connectivity index (χ0n) is 8.50. The maximum absolute atomic E-state index is 13.2. The second-order valence-electron chi connectivity index (χ2n) is 2.93. The van der Waals surface area contributed by atoms with E-state index in [1.54, 1.807) is 7.11 Å². The molecule has 80 valence electrons. The SMILES string of the molecule is [C-]#[N+]c1ccc(F)c(COCCOC)c1. The van der Waals surface area contributed by atoms with Crippen molar-refractivity contribution in [3.05, 3.63) is 41.0 Å². The Kier molecular flexibility index (Phi) is 4.75. The summed E-state index contributed by atoms with van der Waals surface area (Å²) < 4.78 is 23.2. The van der Waals surface area contributed by atoms with Crippen molar-refractivity contribution in [3.63, 3.8) is 0 Å². The Morgan fingerprint density at radius 2 is 2.20 bits per heavy atom. The van der Waals surface area contributed by atoms with Crippen molar-refractivity contribution >= 4 is 5.69 Å². The minimum atomic E-state index is -0.347. The zero-order chi connectivity index (χ0) is 11.1. The third-order valence-electron chi connectivity index (χ3n) is 1.85. The fourth-order valence-corrected chi connectivity index (χ4v) is 1.07. The van der Waals surface area contributed by atoms with E-state index in [1.807, 2.05) is 0 Å². The van der Waals surface area contributed by atoms with Crippen LogP contribution in [0.3, 0.4) is 0 Å². The van der Waals surface area contributed by atoms with Crippen molar-refractivity contribution < 1.29 is 13.9 Å². The van der Waals surface area contributed by atoms with E-state index in [0.717, 1.165) is 0 Å². The lowest BCUT2D eigenvalue weighted by molar-refractivity contribution is 0.0604. The molecule has 0 atom stereocenters. The number of methoxy groups -OCH3 is 1. The molecule has 0 heterocycles. The first-order valence-electron chi connectivity index (χ1n) is 4.50. The molecule has 0 aliphatic carbocycles. The monoisotopic (exact) mass is 209 g/mol. The summed E-state index contributed by atoms with van der Waals surface area (Å²) in [6.45, 7) is 7.85. The van der Waals surface area contributed by atoms with Gasteiger partial charge in [-0.25, -0.2) is 9.24 Å². The quantitative estimate of drug-likeness (QED) is 0.549. The molecule has 0 aromatic heterocycles. The summed E-state index contributed by atoms with van der Waals surface area (Å²) in [5, 5.41) is 0. The van der Waals surface area contributed by atoms with Crippen LogP contribution in [0.2, 0.25) is 0 Å². The number of hydrogen-bond donors (Lipinski definition) is 0. The van der Waals surface area contributed by atoms with Crippen LogP contribution in [0.15, 0.2) is 18.2 Å². The lowest BCUT2D eigenvalue weighted by Gasteiger charge is -2.05. The third-order valence-corrected chi connectivity index (χ3v) is 1.85. The smallest absolute Gasteiger partial charge is 0.187 e. The van der Waals surface area contributed by atoms with Gasteiger partial charge in [0.15, 0.2) is 5.69 Å². The highest BCUT2D eigenvalue weighted by Gasteiger charge is 2.03. The molecule has 0 fully saturated rings. The molecule has 0 aliphatic rings. The summed E-state index contributed by atoms with van der Waals surface area (Å²) in [7, 11) is 1.57. The van der Waals surface area contributed by atoms with Gasteiger partial charge in [0.25, 0.3) is 0 Å². The molecule has 0 bridgehead atoms. The van der Waals surface area contributed by atoms with E-state index >= 15 is 0 Å². The molecule has 1 aromatic rings. The number of halogens is 1. The Labute approximate surface area is 88.3 Å². The van der Waals surface area contributed by atoms with Crippen molar-refractivity contribution in [1.82, 2.24) is 0 Å². The Bertz CT molecular complexity index is 360. The summed E-state index contributed by atoms with van der Waals surface area (Å²) in [5.74, 6) is -0.347. The first-order chi connectivity index (χ1) is 7.27. The van der Waals surface area contributed by atoms with E-state index < -0.39 is 0 Å². The molecule has 0 aliphatic heterocycles. The van der Waals surface area contributed by atoms with E-state index in [0.29, 0.717) is 24.5 Å². The van der Waals surface area contributed by atoms with Gasteiger partial charge in [-0.1, -0.05) is 6.07 Å². The summed E-state index contributed by atoms with van der Waals surface area (Å²) in [4.78, 5) is 3.22. The Balaban J connectivity index is 2.56. The topological polar surface area (TPSA) is 22.8 Å². The van der Waals surface area contributed by atoms with Crippen molar-refractivity contribution in [2.24, 2.45) is 0 Å². The molecule has 0 saturated carbocycles. The Morgan fingerprint density at radius 3 is 2.87 bits per heavy atom. The van der Waals surface area contributed by atoms with Crippen LogP contribution < -0.4 is 0 Å². The maximum Gasteiger partial charge on any atom is 0.187 e. The van der Waals surface area contributed by atoms with E-state index in [9.17, 15) is 4.39 Å². The third kappa shape index (κ3) is 3.66. The van der Waals surface area contributed by atoms with Gasteiger partial charge in [0.1, 0.15) is 5.82 Å². The van der Waals surface area contributed by atoms with Crippen LogP contribution in [0, 0.1) is 12.4 Å². The van der Waals surface area contributed by atoms with Gasteiger partial charge in [0.05, 0.1) is 26.4 Å². The van der Waals surface area contributed by atoms with Crippen LogP contribution >= 0.6 is 0 Å². The number of nitrogens with zero attached hydrogens (tertiary/aromatic N) is 1. The van der Waals surface area contributed by atoms with Gasteiger partial charge in [-0.3, -0.25) is 0 Å². The Morgan fingerprint density at radius 1 is 1.40 bits per heavy atom. The summed E-state index contributed by atoms with van der Waals surface area (Å²) in [5.41, 5.74) is 0.821. The minimum Gasteiger partial charge on any atom is -0.382 e. The first-order valence-corrected chi connectivity index (χ1v) is 4.50. The van der Waals surface area contributed by atoms with E-state index in [-0.39, 0.29) is 12.4 Å². The molecule has 1 aromatic carbocycles. The van der Waals surface area contributed by atoms with Crippen LogP contribution in [0.5, 0.6) is 0 Å². The van der Waals surface area contributed by atoms with Crippen LogP contribution in [0.1, 0.15) is 5.56 Å².